The molecule has 21 heavy (non-hydrogen) atoms. The molecule has 0 spiro atoms. The Morgan fingerprint density at radius 3 is 2.62 bits per heavy atom. The predicted octanol–water partition coefficient (Wildman–Crippen LogP) is 3.22. The molecule has 2 aromatic heterocycles. The van der Waals surface area contributed by atoms with Crippen LogP contribution >= 0.6 is 0 Å². The lowest BCUT2D eigenvalue weighted by Crippen LogP contribution is -2.28. The molecular formula is C15H15N5O. The van der Waals surface area contributed by atoms with E-state index in [9.17, 15) is 4.91 Å². The molecule has 106 valence electrons. The second-order valence-corrected chi connectivity index (χ2v) is 5.54. The van der Waals surface area contributed by atoms with E-state index in [0.29, 0.717) is 22.3 Å². The summed E-state index contributed by atoms with van der Waals surface area (Å²) in [5, 5.41) is 10.6. The summed E-state index contributed by atoms with van der Waals surface area (Å²) in [6.07, 6.45) is 3.32. The van der Waals surface area contributed by atoms with Gasteiger partial charge in [-0.05, 0) is 42.8 Å². The number of nitrogens with one attached hydrogen (secondary N) is 1. The number of hydrogen-bond acceptors (Lipinski definition) is 5. The summed E-state index contributed by atoms with van der Waals surface area (Å²) >= 11 is 0. The van der Waals surface area contributed by atoms with Gasteiger partial charge in [0.2, 0.25) is 0 Å². The van der Waals surface area contributed by atoms with Gasteiger partial charge in [-0.25, -0.2) is 0 Å². The van der Waals surface area contributed by atoms with Crippen LogP contribution in [0.1, 0.15) is 19.4 Å². The summed E-state index contributed by atoms with van der Waals surface area (Å²) < 4.78 is 0. The summed E-state index contributed by atoms with van der Waals surface area (Å²) in [5.41, 5.74) is 8.99. The van der Waals surface area contributed by atoms with Gasteiger partial charge in [0.15, 0.2) is 0 Å². The molecule has 2 heterocycles. The number of fused-ring (bicyclic) bond motifs is 1. The van der Waals surface area contributed by atoms with E-state index in [4.69, 9.17) is 5.73 Å². The van der Waals surface area contributed by atoms with Crippen LogP contribution in [0.25, 0.3) is 22.2 Å². The molecule has 0 atom stereocenters. The highest BCUT2D eigenvalue weighted by molar-refractivity contribution is 5.97. The van der Waals surface area contributed by atoms with E-state index < -0.39 is 5.54 Å². The van der Waals surface area contributed by atoms with Crippen molar-refractivity contribution in [3.63, 3.8) is 0 Å². The molecule has 3 N–H and O–H groups in total. The molecule has 3 rings (SSSR count). The van der Waals surface area contributed by atoms with Gasteiger partial charge >= 0.3 is 0 Å². The lowest BCUT2D eigenvalue weighted by atomic mass is 9.96. The van der Waals surface area contributed by atoms with Crippen molar-refractivity contribution in [2.24, 2.45) is 10.9 Å². The first-order valence-electron chi connectivity index (χ1n) is 6.56. The fraction of sp³-hybridized carbons (Fsp3) is 0.200. The van der Waals surface area contributed by atoms with Crippen LogP contribution in [0.2, 0.25) is 0 Å². The van der Waals surface area contributed by atoms with Gasteiger partial charge in [-0.2, -0.15) is 5.10 Å². The molecule has 0 unspecified atom stereocenters. The number of hydrogen-bond donors (Lipinski definition) is 2. The fourth-order valence-electron chi connectivity index (χ4n) is 2.24. The molecular weight excluding hydrogens is 266 g/mol. The number of pyridine rings is 1. The van der Waals surface area contributed by atoms with Crippen LogP contribution < -0.4 is 5.73 Å². The number of aromatic amines is 1. The molecule has 6 nitrogen and oxygen atoms in total. The summed E-state index contributed by atoms with van der Waals surface area (Å²) in [6.45, 7) is 3.83. The van der Waals surface area contributed by atoms with E-state index in [1.807, 2.05) is 38.1 Å². The van der Waals surface area contributed by atoms with Crippen LogP contribution in [0.5, 0.6) is 0 Å². The zero-order valence-corrected chi connectivity index (χ0v) is 11.8. The van der Waals surface area contributed by atoms with Gasteiger partial charge in [-0.15, -0.1) is 4.91 Å². The van der Waals surface area contributed by atoms with Crippen molar-refractivity contribution in [1.82, 2.24) is 15.2 Å². The largest absolute Gasteiger partial charge is 0.322 e. The van der Waals surface area contributed by atoms with Crippen LogP contribution in [0.3, 0.4) is 0 Å². The normalized spacial score (nSPS) is 11.8. The topological polar surface area (TPSA) is 97.0 Å². The molecule has 0 saturated carbocycles. The lowest BCUT2D eigenvalue weighted by Gasteiger charge is -2.18. The highest BCUT2D eigenvalue weighted by atomic mass is 16.3. The molecule has 0 radical (unpaired) electrons. The molecule has 1 aromatic carbocycles. The Morgan fingerprint density at radius 1 is 1.19 bits per heavy atom. The van der Waals surface area contributed by atoms with Crippen LogP contribution in [0.4, 0.5) is 5.69 Å². The average Bonchev–Trinajstić information content (AvgIpc) is 2.94. The van der Waals surface area contributed by atoms with Crippen molar-refractivity contribution >= 4 is 16.6 Å². The Bertz CT molecular complexity index is 799. The Labute approximate surface area is 121 Å². The van der Waals surface area contributed by atoms with Crippen LogP contribution in [0, 0.1) is 4.91 Å². The van der Waals surface area contributed by atoms with Gasteiger partial charge in [0.05, 0.1) is 17.4 Å². The second kappa shape index (κ2) is 4.75. The minimum Gasteiger partial charge on any atom is -0.322 e. The molecule has 0 aliphatic carbocycles. The first-order valence-corrected chi connectivity index (χ1v) is 6.56. The van der Waals surface area contributed by atoms with Crippen LogP contribution in [0.15, 0.2) is 41.8 Å². The molecule has 0 bridgehead atoms. The highest BCUT2D eigenvalue weighted by Gasteiger charge is 2.16. The maximum atomic E-state index is 11.2. The van der Waals surface area contributed by atoms with Gasteiger partial charge in [0, 0.05) is 22.7 Å². The van der Waals surface area contributed by atoms with Gasteiger partial charge in [0.1, 0.15) is 5.69 Å². The number of aromatic nitrogens is 3. The maximum Gasteiger partial charge on any atom is 0.128 e. The van der Waals surface area contributed by atoms with Crippen molar-refractivity contribution in [1.29, 1.82) is 0 Å². The lowest BCUT2D eigenvalue weighted by molar-refractivity contribution is 0.552. The van der Waals surface area contributed by atoms with E-state index in [1.165, 1.54) is 0 Å². The first-order chi connectivity index (χ1) is 10.0. The van der Waals surface area contributed by atoms with Gasteiger partial charge < -0.3 is 5.73 Å². The Hall–Kier alpha value is -2.60. The summed E-state index contributed by atoms with van der Waals surface area (Å²) in [7, 11) is 0. The predicted molar refractivity (Wildman–Crippen MR) is 82.0 cm³/mol. The Morgan fingerprint density at radius 2 is 2.00 bits per heavy atom. The standard InChI is InChI=1S/C15H15N5O/c1-15(2,16)9-3-5-12(17-7-9)10-4-6-13-11(8-18-19-13)14(10)20-21/h3-8H,16H2,1-2H3,(H,18,19). The zero-order chi connectivity index (χ0) is 15.0. The van der Waals surface area contributed by atoms with E-state index >= 15 is 0 Å². The number of nitrogens with zero attached hydrogens (tertiary/aromatic N) is 3. The third kappa shape index (κ3) is 2.30. The number of benzene rings is 1. The first kappa shape index (κ1) is 13.4. The third-order valence-corrected chi connectivity index (χ3v) is 3.47. The molecule has 0 amide bonds. The second-order valence-electron chi connectivity index (χ2n) is 5.54. The molecule has 3 aromatic rings. The molecule has 0 saturated heterocycles. The minimum absolute atomic E-state index is 0.341. The van der Waals surface area contributed by atoms with Crippen molar-refractivity contribution < 1.29 is 0 Å². The van der Waals surface area contributed by atoms with Gasteiger partial charge in [-0.3, -0.25) is 10.1 Å². The summed E-state index contributed by atoms with van der Waals surface area (Å²) in [4.78, 5) is 15.6. The number of H-pyrrole nitrogens is 1. The van der Waals surface area contributed by atoms with Gasteiger partial charge in [0.25, 0.3) is 0 Å². The van der Waals surface area contributed by atoms with E-state index in [0.717, 1.165) is 11.1 Å². The zero-order valence-electron chi connectivity index (χ0n) is 11.8. The quantitative estimate of drug-likeness (QED) is 0.720. The maximum absolute atomic E-state index is 11.2. The molecule has 0 aliphatic rings. The highest BCUT2D eigenvalue weighted by Crippen LogP contribution is 2.35. The number of nitrogens with two attached hydrogens (primary N) is 1. The monoisotopic (exact) mass is 281 g/mol. The SMILES string of the molecule is CC(C)(N)c1ccc(-c2ccc3[nH]ncc3c2N=O)nc1. The Kier molecular flexibility index (Phi) is 3.03. The van der Waals surface area contributed by atoms with Crippen LogP contribution in [-0.2, 0) is 5.54 Å². The van der Waals surface area contributed by atoms with Crippen LogP contribution in [-0.4, -0.2) is 15.2 Å². The smallest absolute Gasteiger partial charge is 0.128 e. The number of nitroso groups, excluding NO2 is 1. The summed E-state index contributed by atoms with van der Waals surface area (Å²) in [6, 6.07) is 7.43. The summed E-state index contributed by atoms with van der Waals surface area (Å²) in [5.74, 6) is 0. The van der Waals surface area contributed by atoms with Crippen molar-refractivity contribution in [2.75, 3.05) is 0 Å². The molecule has 0 aliphatic heterocycles. The molecule has 6 heteroatoms. The van der Waals surface area contributed by atoms with E-state index in [-0.39, 0.29) is 0 Å². The fourth-order valence-corrected chi connectivity index (χ4v) is 2.24. The van der Waals surface area contributed by atoms with E-state index in [1.54, 1.807) is 12.4 Å². The van der Waals surface area contributed by atoms with Crippen molar-refractivity contribution in [3.8, 4) is 11.3 Å². The minimum atomic E-state index is -0.453. The third-order valence-electron chi connectivity index (χ3n) is 3.47. The van der Waals surface area contributed by atoms with Gasteiger partial charge in [-0.1, -0.05) is 6.07 Å². The average molecular weight is 281 g/mol. The molecule has 0 fully saturated rings. The van der Waals surface area contributed by atoms with Crippen molar-refractivity contribution in [2.45, 2.75) is 19.4 Å². The van der Waals surface area contributed by atoms with Crippen molar-refractivity contribution in [3.05, 3.63) is 47.1 Å². The Balaban J connectivity index is 2.14. The number of rotatable bonds is 3. The van der Waals surface area contributed by atoms with E-state index in [2.05, 4.69) is 20.4 Å².